The molecule has 0 saturated heterocycles. The van der Waals surface area contributed by atoms with Crippen molar-refractivity contribution in [3.63, 3.8) is 0 Å². The van der Waals surface area contributed by atoms with Crippen molar-refractivity contribution >= 4 is 33.4 Å². The lowest BCUT2D eigenvalue weighted by Gasteiger charge is -2.18. The number of rotatable bonds is 3. The van der Waals surface area contributed by atoms with Gasteiger partial charge in [0.15, 0.2) is 0 Å². The highest BCUT2D eigenvalue weighted by Gasteiger charge is 2.13. The summed E-state index contributed by atoms with van der Waals surface area (Å²) >= 11 is 3.34. The molecule has 82 valence electrons. The summed E-state index contributed by atoms with van der Waals surface area (Å²) in [5, 5.41) is 8.65. The van der Waals surface area contributed by atoms with E-state index in [1.807, 2.05) is 6.92 Å². The smallest absolute Gasteiger partial charge is 0.323 e. The second-order valence-corrected chi connectivity index (χ2v) is 4.02. The summed E-state index contributed by atoms with van der Waals surface area (Å²) in [6.07, 6.45) is 1.52. The summed E-state index contributed by atoms with van der Waals surface area (Å²) in [6, 6.07) is 0. The Hall–Kier alpha value is -1.30. The minimum atomic E-state index is -0.902. The number of halogens is 1. The molecule has 0 aliphatic heterocycles. The van der Waals surface area contributed by atoms with Crippen molar-refractivity contribution in [3.05, 3.63) is 16.2 Å². The zero-order valence-electron chi connectivity index (χ0n) is 8.49. The Balaban J connectivity index is 3.05. The molecule has 1 aromatic rings. The third-order valence-electron chi connectivity index (χ3n) is 2.02. The van der Waals surface area contributed by atoms with Crippen LogP contribution < -0.4 is 10.6 Å². The number of likely N-dealkylation sites (N-methyl/N-ethyl adjacent to an activating group) is 1. The monoisotopic (exact) mass is 273 g/mol. The molecule has 0 fully saturated rings. The van der Waals surface area contributed by atoms with E-state index in [0.717, 1.165) is 10.0 Å². The largest absolute Gasteiger partial charge is 0.480 e. The topological polar surface area (TPSA) is 79.5 Å². The molecule has 1 aromatic heterocycles. The van der Waals surface area contributed by atoms with Crippen LogP contribution in [-0.4, -0.2) is 29.7 Å². The second-order valence-electron chi connectivity index (χ2n) is 3.23. The molecular formula is C9H12BrN3O2. The van der Waals surface area contributed by atoms with Gasteiger partial charge in [0.25, 0.3) is 0 Å². The minimum absolute atomic E-state index is 0.102. The van der Waals surface area contributed by atoms with E-state index in [-0.39, 0.29) is 6.54 Å². The molecule has 0 aliphatic carbocycles. The SMILES string of the molecule is Cc1c(N)cnc(N(C)CC(=O)O)c1Br. The van der Waals surface area contributed by atoms with Gasteiger partial charge in [-0.25, -0.2) is 4.98 Å². The van der Waals surface area contributed by atoms with E-state index in [1.54, 1.807) is 11.9 Å². The maximum absolute atomic E-state index is 10.5. The Bertz CT molecular complexity index is 395. The molecule has 0 aromatic carbocycles. The number of hydrogen-bond donors (Lipinski definition) is 2. The predicted octanol–water partition coefficient (Wildman–Crippen LogP) is 1.26. The van der Waals surface area contributed by atoms with Crippen LogP contribution in [0, 0.1) is 6.92 Å². The van der Waals surface area contributed by atoms with Gasteiger partial charge in [0.05, 0.1) is 16.4 Å². The summed E-state index contributed by atoms with van der Waals surface area (Å²) in [4.78, 5) is 16.2. The van der Waals surface area contributed by atoms with Crippen LogP contribution in [-0.2, 0) is 4.79 Å². The van der Waals surface area contributed by atoms with Gasteiger partial charge < -0.3 is 15.7 Å². The summed E-state index contributed by atoms with van der Waals surface area (Å²) in [6.45, 7) is 1.74. The van der Waals surface area contributed by atoms with Gasteiger partial charge in [0, 0.05) is 7.05 Å². The lowest BCUT2D eigenvalue weighted by Crippen LogP contribution is -2.26. The van der Waals surface area contributed by atoms with Crippen LogP contribution in [0.1, 0.15) is 5.56 Å². The Labute approximate surface area is 96.0 Å². The molecule has 1 rings (SSSR count). The second kappa shape index (κ2) is 4.48. The zero-order valence-corrected chi connectivity index (χ0v) is 10.1. The summed E-state index contributed by atoms with van der Waals surface area (Å²) < 4.78 is 0.728. The van der Waals surface area contributed by atoms with Crippen LogP contribution in [0.2, 0.25) is 0 Å². The van der Waals surface area contributed by atoms with Gasteiger partial charge in [-0.05, 0) is 28.4 Å². The van der Waals surface area contributed by atoms with E-state index in [4.69, 9.17) is 10.8 Å². The number of aliphatic carboxylic acids is 1. The predicted molar refractivity (Wildman–Crippen MR) is 62.0 cm³/mol. The molecule has 3 N–H and O–H groups in total. The van der Waals surface area contributed by atoms with E-state index in [2.05, 4.69) is 20.9 Å². The molecule has 1 heterocycles. The average Bonchev–Trinajstić information content (AvgIpc) is 2.13. The molecule has 0 saturated carbocycles. The summed E-state index contributed by atoms with van der Waals surface area (Å²) in [5.74, 6) is -0.329. The fourth-order valence-corrected chi connectivity index (χ4v) is 1.76. The van der Waals surface area contributed by atoms with Gasteiger partial charge in [-0.15, -0.1) is 0 Å². The van der Waals surface area contributed by atoms with Crippen molar-refractivity contribution in [1.29, 1.82) is 0 Å². The van der Waals surface area contributed by atoms with E-state index in [1.165, 1.54) is 6.20 Å². The van der Waals surface area contributed by atoms with Gasteiger partial charge in [0.1, 0.15) is 12.4 Å². The number of carboxylic acid groups (broad SMARTS) is 1. The van der Waals surface area contributed by atoms with Crippen molar-refractivity contribution in [1.82, 2.24) is 4.98 Å². The number of nitrogens with zero attached hydrogens (tertiary/aromatic N) is 2. The fraction of sp³-hybridized carbons (Fsp3) is 0.333. The number of hydrogen-bond acceptors (Lipinski definition) is 4. The lowest BCUT2D eigenvalue weighted by atomic mass is 10.2. The number of anilines is 2. The van der Waals surface area contributed by atoms with Crippen LogP contribution in [0.3, 0.4) is 0 Å². The van der Waals surface area contributed by atoms with Crippen molar-refractivity contribution in [2.24, 2.45) is 0 Å². The third-order valence-corrected chi connectivity index (χ3v) is 2.97. The van der Waals surface area contributed by atoms with Gasteiger partial charge in [-0.2, -0.15) is 0 Å². The Morgan fingerprint density at radius 2 is 2.33 bits per heavy atom. The number of aromatic nitrogens is 1. The van der Waals surface area contributed by atoms with Crippen LogP contribution in [0.5, 0.6) is 0 Å². The van der Waals surface area contributed by atoms with Crippen molar-refractivity contribution in [3.8, 4) is 0 Å². The van der Waals surface area contributed by atoms with Crippen molar-refractivity contribution in [2.75, 3.05) is 24.2 Å². The van der Waals surface area contributed by atoms with Crippen molar-refractivity contribution in [2.45, 2.75) is 6.92 Å². The van der Waals surface area contributed by atoms with Crippen molar-refractivity contribution < 1.29 is 9.90 Å². The minimum Gasteiger partial charge on any atom is -0.480 e. The number of nitrogens with two attached hydrogens (primary N) is 1. The fourth-order valence-electron chi connectivity index (χ4n) is 1.12. The molecule has 6 heteroatoms. The highest BCUT2D eigenvalue weighted by atomic mass is 79.9. The van der Waals surface area contributed by atoms with E-state index in [9.17, 15) is 4.79 Å². The average molecular weight is 274 g/mol. The Morgan fingerprint density at radius 3 is 2.87 bits per heavy atom. The van der Waals surface area contributed by atoms with Gasteiger partial charge >= 0.3 is 5.97 Å². The van der Waals surface area contributed by atoms with Gasteiger partial charge in [-0.1, -0.05) is 0 Å². The van der Waals surface area contributed by atoms with Crippen LogP contribution in [0.4, 0.5) is 11.5 Å². The first-order valence-electron chi connectivity index (χ1n) is 4.27. The first kappa shape index (κ1) is 11.8. The molecule has 0 aliphatic rings. The standard InChI is InChI=1S/C9H12BrN3O2/c1-5-6(11)3-12-9(8(5)10)13(2)4-7(14)15/h3H,4,11H2,1-2H3,(H,14,15). The highest BCUT2D eigenvalue weighted by molar-refractivity contribution is 9.10. The quantitative estimate of drug-likeness (QED) is 0.867. The van der Waals surface area contributed by atoms with Crippen LogP contribution in [0.15, 0.2) is 10.7 Å². The van der Waals surface area contributed by atoms with Crippen LogP contribution in [0.25, 0.3) is 0 Å². The Morgan fingerprint density at radius 1 is 1.73 bits per heavy atom. The number of nitrogen functional groups attached to an aromatic ring is 1. The van der Waals surface area contributed by atoms with Crippen LogP contribution >= 0.6 is 15.9 Å². The first-order valence-corrected chi connectivity index (χ1v) is 5.06. The van der Waals surface area contributed by atoms with Gasteiger partial charge in [-0.3, -0.25) is 4.79 Å². The molecule has 0 atom stereocenters. The molecular weight excluding hydrogens is 262 g/mol. The zero-order chi connectivity index (χ0) is 11.6. The molecule has 0 unspecified atom stereocenters. The van der Waals surface area contributed by atoms with E-state index in [0.29, 0.717) is 11.5 Å². The molecule has 5 nitrogen and oxygen atoms in total. The van der Waals surface area contributed by atoms with E-state index < -0.39 is 5.97 Å². The molecule has 0 bridgehead atoms. The maximum atomic E-state index is 10.5. The number of pyridine rings is 1. The lowest BCUT2D eigenvalue weighted by molar-refractivity contribution is -0.135. The number of carboxylic acids is 1. The first-order chi connectivity index (χ1) is 6.93. The highest BCUT2D eigenvalue weighted by Crippen LogP contribution is 2.29. The van der Waals surface area contributed by atoms with E-state index >= 15 is 0 Å². The molecule has 0 spiro atoms. The molecule has 15 heavy (non-hydrogen) atoms. The maximum Gasteiger partial charge on any atom is 0.323 e. The Kier molecular flexibility index (Phi) is 3.52. The molecule has 0 radical (unpaired) electrons. The normalized spacial score (nSPS) is 10.1. The summed E-state index contributed by atoms with van der Waals surface area (Å²) in [5.41, 5.74) is 7.10. The third kappa shape index (κ3) is 2.59. The van der Waals surface area contributed by atoms with Gasteiger partial charge in [0.2, 0.25) is 0 Å². The number of carbonyl (C=O) groups is 1. The molecule has 0 amide bonds. The summed E-state index contributed by atoms with van der Waals surface area (Å²) in [7, 11) is 1.66.